The molecule has 0 saturated carbocycles. The highest BCUT2D eigenvalue weighted by molar-refractivity contribution is 6.30. The summed E-state index contributed by atoms with van der Waals surface area (Å²) in [6.07, 6.45) is 0.827. The van der Waals surface area contributed by atoms with Gasteiger partial charge in [-0.25, -0.2) is 0 Å². The van der Waals surface area contributed by atoms with Crippen molar-refractivity contribution in [2.24, 2.45) is 0 Å². The Kier molecular flexibility index (Phi) is 4.52. The molecule has 1 fully saturated rings. The van der Waals surface area contributed by atoms with Gasteiger partial charge in [0.05, 0.1) is 5.92 Å². The first-order valence-electron chi connectivity index (χ1n) is 7.50. The SMILES string of the molecule is Cc1noc(C2CCN(C(=O)COc3ccc(Cl)cc3C)C2)n1. The molecule has 1 aromatic carbocycles. The van der Waals surface area contributed by atoms with Crippen molar-refractivity contribution in [2.45, 2.75) is 26.2 Å². The Balaban J connectivity index is 1.55. The summed E-state index contributed by atoms with van der Waals surface area (Å²) >= 11 is 5.91. The molecule has 0 bridgehead atoms. The molecule has 1 amide bonds. The molecule has 6 nitrogen and oxygen atoms in total. The fourth-order valence-corrected chi connectivity index (χ4v) is 2.90. The normalized spacial score (nSPS) is 17.5. The molecule has 0 aliphatic carbocycles. The first kappa shape index (κ1) is 15.8. The van der Waals surface area contributed by atoms with E-state index in [2.05, 4.69) is 10.1 Å². The van der Waals surface area contributed by atoms with Crippen LogP contribution in [0.15, 0.2) is 22.7 Å². The molecular weight excluding hydrogens is 318 g/mol. The van der Waals surface area contributed by atoms with Gasteiger partial charge in [0.1, 0.15) is 5.75 Å². The van der Waals surface area contributed by atoms with Gasteiger partial charge >= 0.3 is 0 Å². The topological polar surface area (TPSA) is 68.5 Å². The standard InChI is InChI=1S/C16H18ClN3O3/c1-10-7-13(17)3-4-14(10)22-9-15(21)20-6-5-12(8-20)16-18-11(2)19-23-16/h3-4,7,12H,5-6,8-9H2,1-2H3. The van der Waals surface area contributed by atoms with Crippen LogP contribution in [0.25, 0.3) is 0 Å². The van der Waals surface area contributed by atoms with E-state index >= 15 is 0 Å². The van der Waals surface area contributed by atoms with Gasteiger partial charge in [0, 0.05) is 18.1 Å². The molecule has 23 heavy (non-hydrogen) atoms. The number of hydrogen-bond donors (Lipinski definition) is 0. The predicted octanol–water partition coefficient (Wildman–Crippen LogP) is 2.73. The minimum absolute atomic E-state index is 0.0120. The van der Waals surface area contributed by atoms with E-state index in [4.69, 9.17) is 20.9 Å². The summed E-state index contributed by atoms with van der Waals surface area (Å²) < 4.78 is 10.8. The fourth-order valence-electron chi connectivity index (χ4n) is 2.67. The van der Waals surface area contributed by atoms with Gasteiger partial charge in [-0.15, -0.1) is 0 Å². The maximum atomic E-state index is 12.3. The predicted molar refractivity (Wildman–Crippen MR) is 84.7 cm³/mol. The molecule has 1 aliphatic rings. The molecular formula is C16H18ClN3O3. The molecule has 3 rings (SSSR count). The highest BCUT2D eigenvalue weighted by Crippen LogP contribution is 2.26. The van der Waals surface area contributed by atoms with Crippen molar-refractivity contribution in [3.8, 4) is 5.75 Å². The molecule has 0 radical (unpaired) electrons. The largest absolute Gasteiger partial charge is 0.483 e. The lowest BCUT2D eigenvalue weighted by Gasteiger charge is -2.17. The quantitative estimate of drug-likeness (QED) is 0.859. The van der Waals surface area contributed by atoms with E-state index < -0.39 is 0 Å². The van der Waals surface area contributed by atoms with E-state index in [-0.39, 0.29) is 18.4 Å². The molecule has 1 aromatic heterocycles. The minimum Gasteiger partial charge on any atom is -0.483 e. The second kappa shape index (κ2) is 6.58. The lowest BCUT2D eigenvalue weighted by molar-refractivity contribution is -0.132. The second-order valence-electron chi connectivity index (χ2n) is 5.70. The summed E-state index contributed by atoms with van der Waals surface area (Å²) in [5, 5.41) is 4.45. The van der Waals surface area contributed by atoms with E-state index in [9.17, 15) is 4.79 Å². The Morgan fingerprint density at radius 1 is 1.48 bits per heavy atom. The van der Waals surface area contributed by atoms with Crippen molar-refractivity contribution in [3.63, 3.8) is 0 Å². The Morgan fingerprint density at radius 2 is 2.30 bits per heavy atom. The fraction of sp³-hybridized carbons (Fsp3) is 0.438. The van der Waals surface area contributed by atoms with Crippen LogP contribution in [0.4, 0.5) is 0 Å². The molecule has 1 atom stereocenters. The lowest BCUT2D eigenvalue weighted by atomic mass is 10.1. The zero-order valence-corrected chi connectivity index (χ0v) is 13.8. The van der Waals surface area contributed by atoms with Gasteiger partial charge in [0.2, 0.25) is 5.89 Å². The first-order valence-corrected chi connectivity index (χ1v) is 7.87. The third kappa shape index (κ3) is 3.64. The number of benzene rings is 1. The monoisotopic (exact) mass is 335 g/mol. The average Bonchev–Trinajstić information content (AvgIpc) is 3.14. The van der Waals surface area contributed by atoms with Crippen LogP contribution in [0, 0.1) is 13.8 Å². The molecule has 1 saturated heterocycles. The van der Waals surface area contributed by atoms with E-state index in [1.165, 1.54) is 0 Å². The molecule has 7 heteroatoms. The third-order valence-corrected chi connectivity index (χ3v) is 4.16. The van der Waals surface area contributed by atoms with E-state index in [1.807, 2.05) is 13.0 Å². The van der Waals surface area contributed by atoms with Crippen LogP contribution in [0.5, 0.6) is 5.75 Å². The van der Waals surface area contributed by atoms with Crippen LogP contribution >= 0.6 is 11.6 Å². The summed E-state index contributed by atoms with van der Waals surface area (Å²) in [7, 11) is 0. The summed E-state index contributed by atoms with van der Waals surface area (Å²) in [5.41, 5.74) is 0.908. The highest BCUT2D eigenvalue weighted by Gasteiger charge is 2.30. The minimum atomic E-state index is -0.0434. The molecule has 0 N–H and O–H groups in total. The van der Waals surface area contributed by atoms with E-state index in [1.54, 1.807) is 24.0 Å². The molecule has 2 heterocycles. The number of likely N-dealkylation sites (tertiary alicyclic amines) is 1. The lowest BCUT2D eigenvalue weighted by Crippen LogP contribution is -2.33. The summed E-state index contributed by atoms with van der Waals surface area (Å²) in [4.78, 5) is 18.3. The summed E-state index contributed by atoms with van der Waals surface area (Å²) in [5.74, 6) is 1.96. The van der Waals surface area contributed by atoms with Crippen molar-refractivity contribution in [2.75, 3.05) is 19.7 Å². The number of carbonyl (C=O) groups excluding carboxylic acids is 1. The van der Waals surface area contributed by atoms with Crippen LogP contribution < -0.4 is 4.74 Å². The van der Waals surface area contributed by atoms with Crippen LogP contribution in [-0.2, 0) is 4.79 Å². The molecule has 1 aliphatic heterocycles. The number of aryl methyl sites for hydroxylation is 2. The van der Waals surface area contributed by atoms with Crippen molar-refractivity contribution in [3.05, 3.63) is 40.5 Å². The van der Waals surface area contributed by atoms with Gasteiger partial charge in [-0.2, -0.15) is 4.98 Å². The maximum absolute atomic E-state index is 12.3. The van der Waals surface area contributed by atoms with Gasteiger partial charge in [0.15, 0.2) is 12.4 Å². The van der Waals surface area contributed by atoms with Crippen molar-refractivity contribution >= 4 is 17.5 Å². The number of hydrogen-bond acceptors (Lipinski definition) is 5. The maximum Gasteiger partial charge on any atom is 0.260 e. The van der Waals surface area contributed by atoms with Crippen LogP contribution in [0.3, 0.4) is 0 Å². The van der Waals surface area contributed by atoms with Crippen LogP contribution in [-0.4, -0.2) is 40.6 Å². The van der Waals surface area contributed by atoms with Gasteiger partial charge in [-0.3, -0.25) is 4.79 Å². The number of amides is 1. The number of rotatable bonds is 4. The number of ether oxygens (including phenoxy) is 1. The zero-order valence-electron chi connectivity index (χ0n) is 13.1. The molecule has 0 spiro atoms. The van der Waals surface area contributed by atoms with Gasteiger partial charge in [-0.05, 0) is 44.0 Å². The molecule has 2 aromatic rings. The van der Waals surface area contributed by atoms with Crippen LogP contribution in [0.2, 0.25) is 5.02 Å². The number of carbonyl (C=O) groups is 1. The first-order chi connectivity index (χ1) is 11.0. The van der Waals surface area contributed by atoms with Gasteiger partial charge < -0.3 is 14.2 Å². The zero-order chi connectivity index (χ0) is 16.4. The molecule has 122 valence electrons. The smallest absolute Gasteiger partial charge is 0.260 e. The Hall–Kier alpha value is -2.08. The molecule has 1 unspecified atom stereocenters. The Labute approximate surface area is 139 Å². The van der Waals surface area contributed by atoms with Gasteiger partial charge in [0.25, 0.3) is 5.91 Å². The number of halogens is 1. The van der Waals surface area contributed by atoms with Crippen molar-refractivity contribution < 1.29 is 14.1 Å². The number of aromatic nitrogens is 2. The highest BCUT2D eigenvalue weighted by atomic mass is 35.5. The summed E-state index contributed by atoms with van der Waals surface area (Å²) in [6, 6.07) is 5.34. The Morgan fingerprint density at radius 3 is 3.00 bits per heavy atom. The third-order valence-electron chi connectivity index (χ3n) is 3.92. The number of nitrogens with zero attached hydrogens (tertiary/aromatic N) is 3. The second-order valence-corrected chi connectivity index (χ2v) is 6.14. The average molecular weight is 336 g/mol. The van der Waals surface area contributed by atoms with E-state index in [0.29, 0.717) is 35.6 Å². The van der Waals surface area contributed by atoms with Crippen molar-refractivity contribution in [1.29, 1.82) is 0 Å². The van der Waals surface area contributed by atoms with Gasteiger partial charge in [-0.1, -0.05) is 16.8 Å². The summed E-state index contributed by atoms with van der Waals surface area (Å²) in [6.45, 7) is 4.96. The van der Waals surface area contributed by atoms with Crippen LogP contribution in [0.1, 0.15) is 29.6 Å². The van der Waals surface area contributed by atoms with E-state index in [0.717, 1.165) is 12.0 Å². The van der Waals surface area contributed by atoms with Crippen molar-refractivity contribution in [1.82, 2.24) is 15.0 Å². The Bertz CT molecular complexity index is 716.